The molecule has 1 aromatic carbocycles. The average Bonchev–Trinajstić information content (AvgIpc) is 2.07. The van der Waals surface area contributed by atoms with Crippen molar-refractivity contribution < 1.29 is 9.42 Å². The van der Waals surface area contributed by atoms with Crippen molar-refractivity contribution in [1.82, 2.24) is 0 Å². The Bertz CT molecular complexity index is 216. The molecule has 0 fully saturated rings. The summed E-state index contributed by atoms with van der Waals surface area (Å²) in [5.74, 6) is 0.725. The standard InChI is InChI=1S/C8H11O2P.2ClH/c1-2-7-3-5-8(6-4-7)10-11-9;;/h3-6,9,11H,2H2,1H3;2*1H. The molecule has 5 heteroatoms. The van der Waals surface area contributed by atoms with Crippen molar-refractivity contribution in [3.8, 4) is 5.75 Å². The molecule has 1 atom stereocenters. The van der Waals surface area contributed by atoms with E-state index in [-0.39, 0.29) is 24.8 Å². The summed E-state index contributed by atoms with van der Waals surface area (Å²) in [4.78, 5) is 8.45. The Morgan fingerprint density at radius 3 is 2.15 bits per heavy atom. The van der Waals surface area contributed by atoms with Gasteiger partial charge in [0.2, 0.25) is 9.03 Å². The lowest BCUT2D eigenvalue weighted by atomic mass is 10.2. The minimum Gasteiger partial charge on any atom is -0.450 e. The molecule has 13 heavy (non-hydrogen) atoms. The molecule has 0 radical (unpaired) electrons. The van der Waals surface area contributed by atoms with Crippen molar-refractivity contribution in [2.24, 2.45) is 0 Å². The molecule has 0 amide bonds. The number of aryl methyl sites for hydroxylation is 1. The SMILES string of the molecule is CCc1ccc(OPO)cc1.Cl.Cl. The molecule has 0 aliphatic rings. The maximum absolute atomic E-state index is 8.45. The van der Waals surface area contributed by atoms with E-state index in [9.17, 15) is 0 Å². The molecule has 0 spiro atoms. The van der Waals surface area contributed by atoms with E-state index in [0.29, 0.717) is 0 Å². The fraction of sp³-hybridized carbons (Fsp3) is 0.250. The molecule has 1 rings (SSSR count). The number of hydrogen-bond acceptors (Lipinski definition) is 2. The van der Waals surface area contributed by atoms with E-state index in [4.69, 9.17) is 9.42 Å². The Kier molecular flexibility index (Phi) is 10.2. The Hall–Kier alpha value is -0.0100. The monoisotopic (exact) mass is 242 g/mol. The van der Waals surface area contributed by atoms with Gasteiger partial charge in [0.25, 0.3) is 0 Å². The van der Waals surface area contributed by atoms with Crippen LogP contribution in [0.25, 0.3) is 0 Å². The van der Waals surface area contributed by atoms with Crippen LogP contribution in [0.15, 0.2) is 24.3 Å². The van der Waals surface area contributed by atoms with E-state index in [0.717, 1.165) is 12.2 Å². The van der Waals surface area contributed by atoms with Crippen molar-refractivity contribution in [2.45, 2.75) is 13.3 Å². The van der Waals surface area contributed by atoms with Gasteiger partial charge in [0.05, 0.1) is 0 Å². The van der Waals surface area contributed by atoms with Crippen LogP contribution in [0.5, 0.6) is 5.75 Å². The van der Waals surface area contributed by atoms with Crippen molar-refractivity contribution >= 4 is 33.8 Å². The van der Waals surface area contributed by atoms with Crippen LogP contribution in [0.2, 0.25) is 0 Å². The van der Waals surface area contributed by atoms with Crippen LogP contribution >= 0.6 is 33.8 Å². The van der Waals surface area contributed by atoms with Gasteiger partial charge in [-0.05, 0) is 24.1 Å². The molecule has 0 aromatic heterocycles. The van der Waals surface area contributed by atoms with Crippen LogP contribution in [0.4, 0.5) is 0 Å². The minimum absolute atomic E-state index is 0. The third kappa shape index (κ3) is 5.33. The van der Waals surface area contributed by atoms with E-state index in [2.05, 4.69) is 6.92 Å². The molecule has 1 N–H and O–H groups in total. The third-order valence-electron chi connectivity index (χ3n) is 1.50. The summed E-state index contributed by atoms with van der Waals surface area (Å²) in [5, 5.41) is 0. The van der Waals surface area contributed by atoms with Crippen LogP contribution < -0.4 is 4.52 Å². The van der Waals surface area contributed by atoms with E-state index < -0.39 is 9.03 Å². The molecule has 0 aliphatic heterocycles. The molecule has 2 nitrogen and oxygen atoms in total. The van der Waals surface area contributed by atoms with Crippen LogP contribution in [-0.2, 0) is 6.42 Å². The van der Waals surface area contributed by atoms with Gasteiger partial charge in [0.15, 0.2) is 0 Å². The quantitative estimate of drug-likeness (QED) is 0.827. The zero-order valence-electron chi connectivity index (χ0n) is 7.19. The highest BCUT2D eigenvalue weighted by Gasteiger charge is 1.91. The van der Waals surface area contributed by atoms with Crippen molar-refractivity contribution in [2.75, 3.05) is 0 Å². The smallest absolute Gasteiger partial charge is 0.212 e. The first kappa shape index (κ1) is 15.5. The van der Waals surface area contributed by atoms with E-state index >= 15 is 0 Å². The zero-order valence-corrected chi connectivity index (χ0v) is 9.82. The predicted molar refractivity (Wildman–Crippen MR) is 61.5 cm³/mol. The van der Waals surface area contributed by atoms with Crippen molar-refractivity contribution in [3.63, 3.8) is 0 Å². The van der Waals surface area contributed by atoms with Gasteiger partial charge in [-0.15, -0.1) is 24.8 Å². The van der Waals surface area contributed by atoms with E-state index in [1.54, 1.807) is 0 Å². The second-order valence-corrected chi connectivity index (χ2v) is 2.58. The average molecular weight is 243 g/mol. The minimum atomic E-state index is -0.467. The van der Waals surface area contributed by atoms with Crippen LogP contribution in [0.1, 0.15) is 12.5 Å². The Balaban J connectivity index is 0. The molecule has 0 bridgehead atoms. The number of rotatable bonds is 3. The van der Waals surface area contributed by atoms with Gasteiger partial charge in [-0.25, -0.2) is 0 Å². The first-order valence-corrected chi connectivity index (χ1v) is 4.37. The normalized spacial score (nSPS) is 9.08. The van der Waals surface area contributed by atoms with Gasteiger partial charge in [0.1, 0.15) is 5.75 Å². The fourth-order valence-electron chi connectivity index (χ4n) is 0.846. The Morgan fingerprint density at radius 1 is 1.23 bits per heavy atom. The van der Waals surface area contributed by atoms with Crippen molar-refractivity contribution in [1.29, 1.82) is 0 Å². The van der Waals surface area contributed by atoms with Crippen LogP contribution in [0, 0.1) is 0 Å². The zero-order chi connectivity index (χ0) is 8.10. The highest BCUT2D eigenvalue weighted by Crippen LogP contribution is 2.18. The summed E-state index contributed by atoms with van der Waals surface area (Å²) in [7, 11) is -0.467. The number of benzene rings is 1. The second-order valence-electron chi connectivity index (χ2n) is 2.19. The molecular formula is C8H13Cl2O2P. The summed E-state index contributed by atoms with van der Waals surface area (Å²) < 4.78 is 4.89. The van der Waals surface area contributed by atoms with E-state index in [1.807, 2.05) is 24.3 Å². The fourth-order valence-corrected chi connectivity index (χ4v) is 1.09. The number of hydrogen-bond donors (Lipinski definition) is 1. The van der Waals surface area contributed by atoms with Gasteiger partial charge in [-0.3, -0.25) is 0 Å². The number of halogens is 2. The molecule has 0 heterocycles. The molecule has 0 aliphatic carbocycles. The van der Waals surface area contributed by atoms with Gasteiger partial charge in [-0.2, -0.15) is 0 Å². The molecule has 0 saturated carbocycles. The lowest BCUT2D eigenvalue weighted by molar-refractivity contribution is 0.514. The highest BCUT2D eigenvalue weighted by atomic mass is 35.5. The first-order valence-electron chi connectivity index (χ1n) is 3.51. The predicted octanol–water partition coefficient (Wildman–Crippen LogP) is 2.97. The maximum atomic E-state index is 8.45. The molecule has 0 saturated heterocycles. The lowest BCUT2D eigenvalue weighted by Gasteiger charge is -2.01. The summed E-state index contributed by atoms with van der Waals surface area (Å²) >= 11 is 0. The Morgan fingerprint density at radius 2 is 1.77 bits per heavy atom. The van der Waals surface area contributed by atoms with Crippen LogP contribution in [0.3, 0.4) is 0 Å². The summed E-state index contributed by atoms with van der Waals surface area (Å²) in [6.07, 6.45) is 1.03. The summed E-state index contributed by atoms with van der Waals surface area (Å²) in [5.41, 5.74) is 1.28. The first-order chi connectivity index (χ1) is 5.36. The van der Waals surface area contributed by atoms with Gasteiger partial charge in [-0.1, -0.05) is 19.1 Å². The second kappa shape index (κ2) is 8.58. The third-order valence-corrected chi connectivity index (χ3v) is 1.82. The highest BCUT2D eigenvalue weighted by molar-refractivity contribution is 7.25. The van der Waals surface area contributed by atoms with Gasteiger partial charge < -0.3 is 9.42 Å². The topological polar surface area (TPSA) is 29.5 Å². The van der Waals surface area contributed by atoms with E-state index in [1.165, 1.54) is 5.56 Å². The largest absolute Gasteiger partial charge is 0.450 e. The summed E-state index contributed by atoms with van der Waals surface area (Å²) in [6.45, 7) is 2.10. The van der Waals surface area contributed by atoms with Crippen molar-refractivity contribution in [3.05, 3.63) is 29.8 Å². The van der Waals surface area contributed by atoms with Crippen LogP contribution in [-0.4, -0.2) is 4.89 Å². The van der Waals surface area contributed by atoms with Gasteiger partial charge in [0, 0.05) is 0 Å². The molecule has 1 aromatic rings. The van der Waals surface area contributed by atoms with Gasteiger partial charge >= 0.3 is 0 Å². The summed E-state index contributed by atoms with van der Waals surface area (Å²) in [6, 6.07) is 7.72. The molecule has 76 valence electrons. The Labute approximate surface area is 92.5 Å². The molecule has 1 unspecified atom stereocenters. The molecular weight excluding hydrogens is 230 g/mol. The maximum Gasteiger partial charge on any atom is 0.212 e. The lowest BCUT2D eigenvalue weighted by Crippen LogP contribution is -1.80.